The molecule has 1 N–H and O–H groups in total. The van der Waals surface area contributed by atoms with Gasteiger partial charge in [-0.05, 0) is 36.5 Å². The Morgan fingerprint density at radius 3 is 2.46 bits per heavy atom. The van der Waals surface area contributed by atoms with Crippen molar-refractivity contribution in [1.82, 2.24) is 0 Å². The molecular formula is C22H36O5Si. The molecule has 2 unspecified atom stereocenters. The van der Waals surface area contributed by atoms with E-state index in [2.05, 4.69) is 33.9 Å². The third kappa shape index (κ3) is 6.41. The van der Waals surface area contributed by atoms with Crippen LogP contribution in [0.3, 0.4) is 0 Å². The molecule has 0 aliphatic carbocycles. The zero-order chi connectivity index (χ0) is 20.8. The van der Waals surface area contributed by atoms with Crippen molar-refractivity contribution in [2.75, 3.05) is 13.2 Å². The van der Waals surface area contributed by atoms with E-state index >= 15 is 0 Å². The number of aliphatic hydroxyl groups is 1. The average molecular weight is 409 g/mol. The summed E-state index contributed by atoms with van der Waals surface area (Å²) in [7, 11) is -1.93. The Labute approximate surface area is 170 Å². The molecule has 0 spiro atoms. The monoisotopic (exact) mass is 408 g/mol. The van der Waals surface area contributed by atoms with Crippen LogP contribution >= 0.6 is 0 Å². The number of cyclic esters (lactones) is 1. The van der Waals surface area contributed by atoms with Crippen LogP contribution in [-0.2, 0) is 25.3 Å². The molecule has 3 atom stereocenters. The van der Waals surface area contributed by atoms with E-state index in [-0.39, 0.29) is 17.6 Å². The van der Waals surface area contributed by atoms with Gasteiger partial charge in [-0.3, -0.25) is 4.79 Å². The van der Waals surface area contributed by atoms with E-state index in [9.17, 15) is 9.90 Å². The van der Waals surface area contributed by atoms with Gasteiger partial charge in [0, 0.05) is 6.61 Å². The number of carbonyl (C=O) groups is 1. The predicted octanol–water partition coefficient (Wildman–Crippen LogP) is 4.30. The van der Waals surface area contributed by atoms with Gasteiger partial charge in [-0.1, -0.05) is 57.5 Å². The second-order valence-electron chi connectivity index (χ2n) is 9.18. The molecule has 0 bridgehead atoms. The van der Waals surface area contributed by atoms with Crippen molar-refractivity contribution >= 4 is 14.3 Å². The minimum atomic E-state index is -1.93. The number of unbranched alkanes of at least 4 members (excludes halogenated alkanes) is 1. The van der Waals surface area contributed by atoms with E-state index in [0.29, 0.717) is 19.6 Å². The molecule has 1 heterocycles. The Balaban J connectivity index is 1.68. The molecule has 5 nitrogen and oxygen atoms in total. The van der Waals surface area contributed by atoms with Crippen LogP contribution in [0.15, 0.2) is 30.3 Å². The van der Waals surface area contributed by atoms with Gasteiger partial charge in [0.2, 0.25) is 0 Å². The number of benzene rings is 1. The molecule has 0 aromatic heterocycles. The van der Waals surface area contributed by atoms with Gasteiger partial charge >= 0.3 is 5.97 Å². The zero-order valence-corrected chi connectivity index (χ0v) is 18.9. The Bertz CT molecular complexity index is 611. The number of aliphatic hydroxyl groups excluding tert-OH is 1. The van der Waals surface area contributed by atoms with Crippen LogP contribution in [0.5, 0.6) is 0 Å². The van der Waals surface area contributed by atoms with Gasteiger partial charge in [0.1, 0.15) is 6.10 Å². The zero-order valence-electron chi connectivity index (χ0n) is 17.9. The number of hydrogen-bond donors (Lipinski definition) is 1. The van der Waals surface area contributed by atoms with Gasteiger partial charge in [0.15, 0.2) is 14.4 Å². The first-order chi connectivity index (χ1) is 13.1. The minimum Gasteiger partial charge on any atom is -0.457 e. The van der Waals surface area contributed by atoms with Crippen molar-refractivity contribution in [3.8, 4) is 0 Å². The maximum atomic E-state index is 12.2. The van der Waals surface area contributed by atoms with Crippen molar-refractivity contribution in [2.45, 2.75) is 77.0 Å². The van der Waals surface area contributed by atoms with Crippen LogP contribution < -0.4 is 0 Å². The fourth-order valence-electron chi connectivity index (χ4n) is 2.97. The lowest BCUT2D eigenvalue weighted by atomic mass is 9.95. The maximum absolute atomic E-state index is 12.2. The first-order valence-corrected chi connectivity index (χ1v) is 13.2. The highest BCUT2D eigenvalue weighted by atomic mass is 28.4. The van der Waals surface area contributed by atoms with Gasteiger partial charge in [-0.25, -0.2) is 0 Å². The van der Waals surface area contributed by atoms with Crippen molar-refractivity contribution < 1.29 is 23.8 Å². The summed E-state index contributed by atoms with van der Waals surface area (Å²) >= 11 is 0. The molecule has 1 aromatic rings. The highest BCUT2D eigenvalue weighted by Crippen LogP contribution is 2.37. The molecule has 158 valence electrons. The normalized spacial score (nSPS) is 23.1. The molecule has 1 aromatic carbocycles. The van der Waals surface area contributed by atoms with Crippen LogP contribution in [0, 0.1) is 5.92 Å². The SMILES string of the molecule is CC(C)(C)[Si](C)(C)OC[C@H]1OC(=O)C(CCCCOCc2ccccc2)C1O. The van der Waals surface area contributed by atoms with Crippen molar-refractivity contribution in [3.05, 3.63) is 35.9 Å². The van der Waals surface area contributed by atoms with E-state index < -0.39 is 26.4 Å². The lowest BCUT2D eigenvalue weighted by Gasteiger charge is -2.37. The Kier molecular flexibility index (Phi) is 8.25. The summed E-state index contributed by atoms with van der Waals surface area (Å²) in [5.41, 5.74) is 1.15. The van der Waals surface area contributed by atoms with E-state index in [1.165, 1.54) is 0 Å². The van der Waals surface area contributed by atoms with Crippen molar-refractivity contribution in [3.63, 3.8) is 0 Å². The van der Waals surface area contributed by atoms with Crippen LogP contribution in [-0.4, -0.2) is 44.8 Å². The standard InChI is InChI=1S/C22H36O5Si/c1-22(2,3)28(4,5)26-16-19-20(23)18(21(24)27-19)13-9-10-14-25-15-17-11-7-6-8-12-17/h6-8,11-12,18-20,23H,9-10,13-16H2,1-5H3/t18?,19-,20?/m1/s1. The summed E-state index contributed by atoms with van der Waals surface area (Å²) in [6, 6.07) is 10.1. The number of ether oxygens (including phenoxy) is 2. The van der Waals surface area contributed by atoms with Crippen LogP contribution in [0.1, 0.15) is 45.6 Å². The van der Waals surface area contributed by atoms with E-state index in [0.717, 1.165) is 18.4 Å². The molecule has 0 amide bonds. The lowest BCUT2D eigenvalue weighted by molar-refractivity contribution is -0.145. The van der Waals surface area contributed by atoms with E-state index in [1.54, 1.807) is 0 Å². The second kappa shape index (κ2) is 10.0. The molecule has 1 aliphatic heterocycles. The molecule has 28 heavy (non-hydrogen) atoms. The molecule has 1 aliphatic rings. The first kappa shape index (κ1) is 23.1. The lowest BCUT2D eigenvalue weighted by Crippen LogP contribution is -2.44. The van der Waals surface area contributed by atoms with Crippen LogP contribution in [0.4, 0.5) is 0 Å². The van der Waals surface area contributed by atoms with Gasteiger partial charge < -0.3 is 19.0 Å². The fourth-order valence-corrected chi connectivity index (χ4v) is 3.98. The van der Waals surface area contributed by atoms with Gasteiger partial charge in [-0.2, -0.15) is 0 Å². The molecular weight excluding hydrogens is 372 g/mol. The molecule has 0 radical (unpaired) electrons. The Hall–Kier alpha value is -1.21. The number of esters is 1. The topological polar surface area (TPSA) is 65.0 Å². The van der Waals surface area contributed by atoms with E-state index in [1.807, 2.05) is 30.3 Å². The van der Waals surface area contributed by atoms with Gasteiger partial charge in [0.25, 0.3) is 0 Å². The third-order valence-corrected chi connectivity index (χ3v) is 10.4. The van der Waals surface area contributed by atoms with Crippen LogP contribution in [0.25, 0.3) is 0 Å². The summed E-state index contributed by atoms with van der Waals surface area (Å²) in [4.78, 5) is 12.2. The molecule has 1 saturated heterocycles. The summed E-state index contributed by atoms with van der Waals surface area (Å²) < 4.78 is 17.2. The number of hydrogen-bond acceptors (Lipinski definition) is 5. The number of carbonyl (C=O) groups excluding carboxylic acids is 1. The highest BCUT2D eigenvalue weighted by molar-refractivity contribution is 6.74. The summed E-state index contributed by atoms with van der Waals surface area (Å²) in [5.74, 6) is -0.760. The van der Waals surface area contributed by atoms with Crippen LogP contribution in [0.2, 0.25) is 18.1 Å². The fraction of sp³-hybridized carbons (Fsp3) is 0.682. The highest BCUT2D eigenvalue weighted by Gasteiger charge is 2.45. The molecule has 1 fully saturated rings. The molecule has 6 heteroatoms. The molecule has 0 saturated carbocycles. The maximum Gasteiger partial charge on any atom is 0.312 e. The van der Waals surface area contributed by atoms with E-state index in [4.69, 9.17) is 13.9 Å². The average Bonchev–Trinajstić information content (AvgIpc) is 2.90. The summed E-state index contributed by atoms with van der Waals surface area (Å²) in [5, 5.41) is 10.6. The largest absolute Gasteiger partial charge is 0.457 e. The molecule has 2 rings (SSSR count). The quantitative estimate of drug-likeness (QED) is 0.355. The smallest absolute Gasteiger partial charge is 0.312 e. The van der Waals surface area contributed by atoms with Crippen molar-refractivity contribution in [2.24, 2.45) is 5.92 Å². The minimum absolute atomic E-state index is 0.0831. The summed E-state index contributed by atoms with van der Waals surface area (Å²) in [6.45, 7) is 12.3. The Morgan fingerprint density at radius 2 is 1.82 bits per heavy atom. The summed E-state index contributed by atoms with van der Waals surface area (Å²) in [6.07, 6.45) is 0.949. The first-order valence-electron chi connectivity index (χ1n) is 10.3. The number of rotatable bonds is 10. The van der Waals surface area contributed by atoms with Crippen molar-refractivity contribution in [1.29, 1.82) is 0 Å². The van der Waals surface area contributed by atoms with Gasteiger partial charge in [-0.15, -0.1) is 0 Å². The third-order valence-electron chi connectivity index (χ3n) is 5.94. The Morgan fingerprint density at radius 1 is 1.14 bits per heavy atom. The van der Waals surface area contributed by atoms with Gasteiger partial charge in [0.05, 0.1) is 19.1 Å². The predicted molar refractivity (Wildman–Crippen MR) is 112 cm³/mol. The second-order valence-corrected chi connectivity index (χ2v) is 14.0.